The van der Waals surface area contributed by atoms with E-state index < -0.39 is 0 Å². The van der Waals surface area contributed by atoms with Gasteiger partial charge >= 0.3 is 0 Å². The Morgan fingerprint density at radius 3 is 2.57 bits per heavy atom. The van der Waals surface area contributed by atoms with E-state index >= 15 is 0 Å². The molecule has 1 aromatic heterocycles. The molecule has 0 fully saturated rings. The van der Waals surface area contributed by atoms with Crippen LogP contribution >= 0.6 is 11.3 Å². The van der Waals surface area contributed by atoms with Gasteiger partial charge in [0.2, 0.25) is 11.8 Å². The van der Waals surface area contributed by atoms with Crippen LogP contribution < -0.4 is 4.74 Å². The molecule has 0 N–H and O–H groups in total. The van der Waals surface area contributed by atoms with Crippen molar-refractivity contribution < 1.29 is 14.3 Å². The quantitative estimate of drug-likeness (QED) is 0.402. The number of hydrogen-bond donors (Lipinski definition) is 0. The van der Waals surface area contributed by atoms with E-state index in [1.165, 1.54) is 10.4 Å². The number of carbonyl (C=O) groups excluding carboxylic acids is 2. The van der Waals surface area contributed by atoms with E-state index in [4.69, 9.17) is 4.74 Å². The molecule has 2 aromatic carbocycles. The van der Waals surface area contributed by atoms with Crippen molar-refractivity contribution in [3.63, 3.8) is 0 Å². The van der Waals surface area contributed by atoms with Crippen molar-refractivity contribution in [3.8, 4) is 5.75 Å². The van der Waals surface area contributed by atoms with Crippen LogP contribution in [0.5, 0.6) is 5.75 Å². The summed E-state index contributed by atoms with van der Waals surface area (Å²) in [6.07, 6.45) is 1.93. The minimum atomic E-state index is -0.165. The van der Waals surface area contributed by atoms with E-state index in [1.807, 2.05) is 73.3 Å². The zero-order chi connectivity index (χ0) is 24.8. The molecule has 0 spiro atoms. The van der Waals surface area contributed by atoms with Crippen molar-refractivity contribution in [1.29, 1.82) is 0 Å². The Morgan fingerprint density at radius 1 is 1.11 bits per heavy atom. The van der Waals surface area contributed by atoms with Crippen LogP contribution in [0, 0.1) is 6.92 Å². The van der Waals surface area contributed by atoms with Crippen molar-refractivity contribution in [2.24, 2.45) is 0 Å². The first-order valence-electron chi connectivity index (χ1n) is 12.3. The maximum absolute atomic E-state index is 13.7. The summed E-state index contributed by atoms with van der Waals surface area (Å²) in [6, 6.07) is 19.6. The van der Waals surface area contributed by atoms with Gasteiger partial charge in [-0.15, -0.1) is 11.3 Å². The number of ether oxygens (including phenoxy) is 1. The molecule has 4 rings (SSSR count). The summed E-state index contributed by atoms with van der Waals surface area (Å²) in [5.74, 6) is 0.755. The van der Waals surface area contributed by atoms with E-state index in [-0.39, 0.29) is 30.4 Å². The third-order valence-electron chi connectivity index (χ3n) is 6.79. The number of rotatable bonds is 9. The van der Waals surface area contributed by atoms with E-state index in [9.17, 15) is 9.59 Å². The first-order valence-corrected chi connectivity index (χ1v) is 13.2. The molecule has 0 bridgehead atoms. The molecule has 35 heavy (non-hydrogen) atoms. The van der Waals surface area contributed by atoms with Crippen LogP contribution in [0.25, 0.3) is 0 Å². The zero-order valence-electron chi connectivity index (χ0n) is 20.8. The lowest BCUT2D eigenvalue weighted by molar-refractivity contribution is -0.144. The lowest BCUT2D eigenvalue weighted by Crippen LogP contribution is -2.50. The van der Waals surface area contributed by atoms with Gasteiger partial charge in [-0.3, -0.25) is 9.59 Å². The summed E-state index contributed by atoms with van der Waals surface area (Å²) in [7, 11) is 0. The van der Waals surface area contributed by atoms with E-state index in [0.29, 0.717) is 19.6 Å². The van der Waals surface area contributed by atoms with Gasteiger partial charge in [-0.1, -0.05) is 55.0 Å². The van der Waals surface area contributed by atoms with Gasteiger partial charge in [0.15, 0.2) is 0 Å². The lowest BCUT2D eigenvalue weighted by atomic mass is 10.00. The molecule has 184 valence electrons. The lowest BCUT2D eigenvalue weighted by Gasteiger charge is -2.38. The van der Waals surface area contributed by atoms with Crippen LogP contribution in [-0.2, 0) is 22.4 Å². The highest BCUT2D eigenvalue weighted by atomic mass is 32.1. The fourth-order valence-electron chi connectivity index (χ4n) is 4.50. The summed E-state index contributed by atoms with van der Waals surface area (Å²) < 4.78 is 6.14. The topological polar surface area (TPSA) is 49.9 Å². The molecule has 0 radical (unpaired) electrons. The van der Waals surface area contributed by atoms with Crippen molar-refractivity contribution in [2.45, 2.75) is 52.1 Å². The highest BCUT2D eigenvalue weighted by Gasteiger charge is 2.34. The number of thiophene rings is 1. The number of carbonyl (C=O) groups is 2. The van der Waals surface area contributed by atoms with E-state index in [0.717, 1.165) is 29.7 Å². The Morgan fingerprint density at radius 2 is 1.86 bits per heavy atom. The molecule has 5 nitrogen and oxygen atoms in total. The molecule has 0 saturated carbocycles. The van der Waals surface area contributed by atoms with Gasteiger partial charge in [0.25, 0.3) is 0 Å². The molecule has 1 aliphatic heterocycles. The second-order valence-electron chi connectivity index (χ2n) is 9.22. The molecular weight excluding hydrogens is 456 g/mol. The minimum Gasteiger partial charge on any atom is -0.491 e. The minimum absolute atomic E-state index is 0.0143. The Balaban J connectivity index is 1.50. The highest BCUT2D eigenvalue weighted by Crippen LogP contribution is 2.34. The Hall–Kier alpha value is -3.12. The first kappa shape index (κ1) is 25.0. The fraction of sp³-hybridized carbons (Fsp3) is 0.379. The summed E-state index contributed by atoms with van der Waals surface area (Å²) in [5, 5.41) is 2.09. The number of hydrogen-bond acceptors (Lipinski definition) is 4. The smallest absolute Gasteiger partial charge is 0.242 e. The van der Waals surface area contributed by atoms with Crippen molar-refractivity contribution >= 4 is 23.2 Å². The standard InChI is InChI=1S/C29H34N2O3S/c1-4-22(3)31(28(32)18-23-8-6-5-7-9-23)19-29(33)30-16-14-27-25(15-17-35-27)26(30)20-34-24-12-10-21(2)11-13-24/h5-13,15,17,22,26H,4,14,16,18-20H2,1-3H3/t22-,26-/m0/s1. The van der Waals surface area contributed by atoms with Crippen LogP contribution in [0.1, 0.15) is 47.9 Å². The second-order valence-corrected chi connectivity index (χ2v) is 10.2. The van der Waals surface area contributed by atoms with E-state index in [2.05, 4.69) is 18.4 Å². The monoisotopic (exact) mass is 490 g/mol. The third-order valence-corrected chi connectivity index (χ3v) is 7.79. The second kappa shape index (κ2) is 11.5. The summed E-state index contributed by atoms with van der Waals surface area (Å²) in [6.45, 7) is 7.22. The molecule has 0 unspecified atom stereocenters. The van der Waals surface area contributed by atoms with Gasteiger partial charge in [0.05, 0.1) is 12.5 Å². The SMILES string of the molecule is CC[C@H](C)N(CC(=O)N1CCc2sccc2[C@@H]1COc1ccc(C)cc1)C(=O)Cc1ccccc1. The van der Waals surface area contributed by atoms with Gasteiger partial charge in [-0.25, -0.2) is 0 Å². The predicted molar refractivity (Wildman–Crippen MR) is 141 cm³/mol. The molecule has 3 aromatic rings. The molecule has 1 aliphatic rings. The predicted octanol–water partition coefficient (Wildman–Crippen LogP) is 5.43. The summed E-state index contributed by atoms with van der Waals surface area (Å²) in [4.78, 5) is 31.9. The average molecular weight is 491 g/mol. The number of aryl methyl sites for hydroxylation is 1. The Kier molecular flexibility index (Phi) is 8.24. The normalized spacial score (nSPS) is 15.9. The highest BCUT2D eigenvalue weighted by molar-refractivity contribution is 7.10. The van der Waals surface area contributed by atoms with Crippen LogP contribution in [0.3, 0.4) is 0 Å². The molecule has 6 heteroatoms. The molecule has 0 aliphatic carbocycles. The van der Waals surface area contributed by atoms with Crippen LogP contribution in [0.2, 0.25) is 0 Å². The maximum Gasteiger partial charge on any atom is 0.242 e. The third kappa shape index (κ3) is 6.12. The van der Waals surface area contributed by atoms with Crippen LogP contribution in [0.4, 0.5) is 0 Å². The van der Waals surface area contributed by atoms with Gasteiger partial charge < -0.3 is 14.5 Å². The van der Waals surface area contributed by atoms with Gasteiger partial charge in [0.1, 0.15) is 18.9 Å². The Bertz CT molecular complexity index is 1130. The van der Waals surface area contributed by atoms with E-state index in [1.54, 1.807) is 16.2 Å². The summed E-state index contributed by atoms with van der Waals surface area (Å²) in [5.41, 5.74) is 3.30. The number of benzene rings is 2. The summed E-state index contributed by atoms with van der Waals surface area (Å²) >= 11 is 1.74. The molecule has 2 atom stereocenters. The largest absolute Gasteiger partial charge is 0.491 e. The Labute approximate surface area is 212 Å². The number of nitrogens with zero attached hydrogens (tertiary/aromatic N) is 2. The van der Waals surface area contributed by atoms with Crippen LogP contribution in [0.15, 0.2) is 66.0 Å². The average Bonchev–Trinajstić information content (AvgIpc) is 3.36. The fourth-order valence-corrected chi connectivity index (χ4v) is 5.43. The maximum atomic E-state index is 13.7. The zero-order valence-corrected chi connectivity index (χ0v) is 21.6. The van der Waals surface area contributed by atoms with Gasteiger partial charge in [-0.05, 0) is 61.4 Å². The van der Waals surface area contributed by atoms with Gasteiger partial charge in [0, 0.05) is 17.5 Å². The number of amides is 2. The van der Waals surface area contributed by atoms with Crippen molar-refractivity contribution in [3.05, 3.63) is 87.6 Å². The van der Waals surface area contributed by atoms with Crippen molar-refractivity contribution in [2.75, 3.05) is 19.7 Å². The molecule has 2 heterocycles. The molecule has 2 amide bonds. The van der Waals surface area contributed by atoms with Gasteiger partial charge in [-0.2, -0.15) is 0 Å². The molecule has 0 saturated heterocycles. The molecular formula is C29H34N2O3S. The van der Waals surface area contributed by atoms with Crippen molar-refractivity contribution in [1.82, 2.24) is 9.80 Å². The number of fused-ring (bicyclic) bond motifs is 1. The first-order chi connectivity index (χ1) is 17.0. The van der Waals surface area contributed by atoms with Crippen LogP contribution in [-0.4, -0.2) is 47.4 Å².